The van der Waals surface area contributed by atoms with Crippen molar-refractivity contribution in [1.29, 1.82) is 0 Å². The van der Waals surface area contributed by atoms with Gasteiger partial charge in [0.1, 0.15) is 29.5 Å². The third kappa shape index (κ3) is 4.81. The van der Waals surface area contributed by atoms with E-state index in [1.54, 1.807) is 6.92 Å². The average Bonchev–Trinajstić information content (AvgIpc) is 3.48. The fraction of sp³-hybridized carbons (Fsp3) is 0.417. The van der Waals surface area contributed by atoms with Crippen molar-refractivity contribution < 1.29 is 23.5 Å². The van der Waals surface area contributed by atoms with E-state index in [9.17, 15) is 23.6 Å². The summed E-state index contributed by atoms with van der Waals surface area (Å²) in [4.78, 5) is 57.8. The summed E-state index contributed by atoms with van der Waals surface area (Å²) in [6.45, 7) is 2.21. The molecule has 1 unspecified atom stereocenters. The Morgan fingerprint density at radius 1 is 1.27 bits per heavy atom. The predicted molar refractivity (Wildman–Crippen MR) is 129 cm³/mol. The molecule has 3 aromatic heterocycles. The average molecular weight is 512 g/mol. The van der Waals surface area contributed by atoms with Crippen LogP contribution in [-0.2, 0) is 22.6 Å². The van der Waals surface area contributed by atoms with Crippen LogP contribution < -0.4 is 16.2 Å². The van der Waals surface area contributed by atoms with Gasteiger partial charge in [-0.05, 0) is 37.8 Å². The summed E-state index contributed by atoms with van der Waals surface area (Å²) in [5.74, 6) is -1.43. The van der Waals surface area contributed by atoms with Crippen molar-refractivity contribution in [3.05, 3.63) is 57.5 Å². The molecule has 13 heteroatoms. The molecule has 1 aliphatic carbocycles. The summed E-state index contributed by atoms with van der Waals surface area (Å²) < 4.78 is 20.8. The topological polar surface area (TPSA) is 140 Å². The van der Waals surface area contributed by atoms with Gasteiger partial charge in [-0.15, -0.1) is 0 Å². The van der Waals surface area contributed by atoms with Crippen molar-refractivity contribution in [3.63, 3.8) is 0 Å². The molecule has 0 aromatic carbocycles. The maximum Gasteiger partial charge on any atom is 0.280 e. The molecule has 194 valence electrons. The number of aromatic nitrogens is 4. The van der Waals surface area contributed by atoms with E-state index in [1.165, 1.54) is 28.7 Å². The number of methoxy groups -OCH3 is 1. The summed E-state index contributed by atoms with van der Waals surface area (Å²) in [5, 5.41) is 9.58. The molecule has 12 nitrogen and oxygen atoms in total. The number of hydrogen-bond donors (Lipinski definition) is 2. The Bertz CT molecular complexity index is 1440. The fourth-order valence-electron chi connectivity index (χ4n) is 4.37. The molecule has 1 atom stereocenters. The highest BCUT2D eigenvalue weighted by Gasteiger charge is 2.37. The molecule has 1 saturated carbocycles. The maximum atomic E-state index is 13.4. The van der Waals surface area contributed by atoms with Crippen LogP contribution in [0.3, 0.4) is 0 Å². The molecule has 0 bridgehead atoms. The molecule has 2 N–H and O–H groups in total. The third-order valence-corrected chi connectivity index (χ3v) is 6.48. The van der Waals surface area contributed by atoms with Gasteiger partial charge in [-0.3, -0.25) is 19.2 Å². The van der Waals surface area contributed by atoms with E-state index in [0.29, 0.717) is 12.5 Å². The van der Waals surface area contributed by atoms with E-state index in [1.807, 2.05) is 0 Å². The Morgan fingerprint density at radius 3 is 2.73 bits per heavy atom. The monoisotopic (exact) mass is 511 g/mol. The van der Waals surface area contributed by atoms with E-state index in [2.05, 4.69) is 20.7 Å². The van der Waals surface area contributed by atoms with E-state index in [0.717, 1.165) is 29.6 Å². The van der Waals surface area contributed by atoms with Gasteiger partial charge in [0.05, 0.1) is 31.0 Å². The first-order valence-electron chi connectivity index (χ1n) is 11.9. The Hall–Kier alpha value is -4.13. The molecule has 5 rings (SSSR count). The van der Waals surface area contributed by atoms with Crippen LogP contribution in [-0.4, -0.2) is 68.1 Å². The molecule has 0 saturated heterocycles. The van der Waals surface area contributed by atoms with Crippen molar-refractivity contribution in [3.8, 4) is 0 Å². The van der Waals surface area contributed by atoms with Gasteiger partial charge in [-0.25, -0.2) is 9.37 Å². The second-order valence-electron chi connectivity index (χ2n) is 9.32. The highest BCUT2D eigenvalue weighted by Crippen LogP contribution is 2.28. The lowest BCUT2D eigenvalue weighted by atomic mass is 10.2. The molecular weight excluding hydrogens is 485 g/mol. The van der Waals surface area contributed by atoms with Gasteiger partial charge >= 0.3 is 0 Å². The Kier molecular flexibility index (Phi) is 6.46. The summed E-state index contributed by atoms with van der Waals surface area (Å²) in [6.07, 6.45) is 3.08. The van der Waals surface area contributed by atoms with Gasteiger partial charge in [0.2, 0.25) is 5.91 Å². The van der Waals surface area contributed by atoms with Crippen molar-refractivity contribution in [1.82, 2.24) is 29.4 Å². The van der Waals surface area contributed by atoms with Gasteiger partial charge in [-0.2, -0.15) is 9.61 Å². The van der Waals surface area contributed by atoms with Crippen molar-refractivity contribution in [2.45, 2.75) is 38.9 Å². The number of carbonyl (C=O) groups is 3. The van der Waals surface area contributed by atoms with Crippen LogP contribution in [0.2, 0.25) is 0 Å². The number of nitrogens with zero attached hydrogens (tertiary/aromatic N) is 5. The number of hydrogen-bond acceptors (Lipinski definition) is 7. The molecule has 3 amide bonds. The van der Waals surface area contributed by atoms with Crippen molar-refractivity contribution in [2.75, 3.05) is 25.6 Å². The van der Waals surface area contributed by atoms with Crippen molar-refractivity contribution in [2.24, 2.45) is 5.92 Å². The Balaban J connectivity index is 1.54. The standard InChI is InChI=1S/C24H26FN7O5/c1-13(12-37-2)30-10-16-21(24(30)36)31(11-19(33)28-18-6-5-15(25)9-26-18)20-7-17(29-32(20)23(16)35)22(34)27-8-14-3-4-14/h5-7,9,13-14H,3-4,8,10-12H2,1-2H3,(H,27,34)(H,26,28,33). The number of ether oxygens (including phenoxy) is 1. The summed E-state index contributed by atoms with van der Waals surface area (Å²) in [6, 6.07) is 3.52. The van der Waals surface area contributed by atoms with E-state index in [-0.39, 0.29) is 54.2 Å². The molecule has 1 aliphatic heterocycles. The van der Waals surface area contributed by atoms with Gasteiger partial charge in [0.15, 0.2) is 5.69 Å². The van der Waals surface area contributed by atoms with Crippen molar-refractivity contribution >= 4 is 29.2 Å². The minimum atomic E-state index is -0.566. The lowest BCUT2D eigenvalue weighted by Gasteiger charge is -2.23. The van der Waals surface area contributed by atoms with Crippen LogP contribution in [0.1, 0.15) is 46.3 Å². The first-order valence-corrected chi connectivity index (χ1v) is 11.9. The minimum Gasteiger partial charge on any atom is -0.383 e. The second kappa shape index (κ2) is 9.73. The van der Waals surface area contributed by atoms with Crippen LogP contribution in [0.15, 0.2) is 29.2 Å². The minimum absolute atomic E-state index is 0.00726. The SMILES string of the molecule is COCC(C)N1Cc2c(n(CC(=O)Nc3ccc(F)cn3)c3cc(C(=O)NCC4CC4)nn3c2=O)C1=O. The van der Waals surface area contributed by atoms with E-state index < -0.39 is 29.1 Å². The van der Waals surface area contributed by atoms with Crippen LogP contribution in [0.4, 0.5) is 10.2 Å². The summed E-state index contributed by atoms with van der Waals surface area (Å²) in [7, 11) is 1.51. The zero-order chi connectivity index (χ0) is 26.3. The molecule has 0 radical (unpaired) electrons. The lowest BCUT2D eigenvalue weighted by molar-refractivity contribution is -0.116. The van der Waals surface area contributed by atoms with Gasteiger partial charge in [-0.1, -0.05) is 0 Å². The number of carbonyl (C=O) groups excluding carboxylic acids is 3. The first-order chi connectivity index (χ1) is 17.8. The van der Waals surface area contributed by atoms with Gasteiger partial charge in [0.25, 0.3) is 17.4 Å². The first kappa shape index (κ1) is 24.6. The lowest BCUT2D eigenvalue weighted by Crippen LogP contribution is -2.37. The molecule has 2 aliphatic rings. The predicted octanol–water partition coefficient (Wildman–Crippen LogP) is 0.799. The molecule has 1 fully saturated rings. The molecular formula is C24H26FN7O5. The highest BCUT2D eigenvalue weighted by atomic mass is 19.1. The van der Waals surface area contributed by atoms with Crippen LogP contribution in [0.25, 0.3) is 5.65 Å². The zero-order valence-electron chi connectivity index (χ0n) is 20.4. The van der Waals surface area contributed by atoms with Crippen LogP contribution in [0, 0.1) is 11.7 Å². The smallest absolute Gasteiger partial charge is 0.280 e. The number of pyridine rings is 1. The summed E-state index contributed by atoms with van der Waals surface area (Å²) >= 11 is 0. The molecule has 0 spiro atoms. The third-order valence-electron chi connectivity index (χ3n) is 6.48. The van der Waals surface area contributed by atoms with E-state index >= 15 is 0 Å². The number of fused-ring (bicyclic) bond motifs is 2. The van der Waals surface area contributed by atoms with Gasteiger partial charge in [0, 0.05) is 19.7 Å². The normalized spacial score (nSPS) is 15.6. The quantitative estimate of drug-likeness (QED) is 0.433. The van der Waals surface area contributed by atoms with Gasteiger partial charge < -0.3 is 24.8 Å². The number of rotatable bonds is 9. The van der Waals surface area contributed by atoms with Crippen LogP contribution in [0.5, 0.6) is 0 Å². The largest absolute Gasteiger partial charge is 0.383 e. The Morgan fingerprint density at radius 2 is 2.05 bits per heavy atom. The molecule has 4 heterocycles. The Labute approximate surface area is 210 Å². The maximum absolute atomic E-state index is 13.4. The van der Waals surface area contributed by atoms with E-state index in [4.69, 9.17) is 4.74 Å². The number of nitrogens with one attached hydrogen (secondary N) is 2. The fourth-order valence-corrected chi connectivity index (χ4v) is 4.37. The number of anilines is 1. The molecule has 37 heavy (non-hydrogen) atoms. The highest BCUT2D eigenvalue weighted by molar-refractivity contribution is 5.99. The zero-order valence-corrected chi connectivity index (χ0v) is 20.4. The number of halogens is 1. The summed E-state index contributed by atoms with van der Waals surface area (Å²) in [5.41, 5.74) is -0.192. The molecule has 3 aromatic rings. The second-order valence-corrected chi connectivity index (χ2v) is 9.32. The van der Waals surface area contributed by atoms with Crippen LogP contribution >= 0.6 is 0 Å². The number of amides is 3.